The lowest BCUT2D eigenvalue weighted by Gasteiger charge is -2.32. The highest BCUT2D eigenvalue weighted by Gasteiger charge is 2.23. The van der Waals surface area contributed by atoms with Gasteiger partial charge in [0.15, 0.2) is 0 Å². The van der Waals surface area contributed by atoms with Crippen LogP contribution in [-0.2, 0) is 0 Å². The molecule has 34 heavy (non-hydrogen) atoms. The number of benzene rings is 2. The van der Waals surface area contributed by atoms with Gasteiger partial charge in [0.25, 0.3) is 5.91 Å². The normalized spacial score (nSPS) is 14.2. The number of carbonyl (C=O) groups is 1. The van der Waals surface area contributed by atoms with E-state index in [9.17, 15) is 4.79 Å². The standard InChI is InChI=1S/C26H30ClN5O2/c27-21-7-3-19(4-8-21)24-11-15-29-26(31-24)30-23-9-5-20(6-10-23)25(34)32-16-12-22(13-17-32)28-14-1-2-18-33/h3-11,15,22,28,33H,1-2,12-14,16-18H2,(H,29,30,31). The molecule has 0 atom stereocenters. The summed E-state index contributed by atoms with van der Waals surface area (Å²) in [4.78, 5) is 23.7. The number of amides is 1. The van der Waals surface area contributed by atoms with Crippen molar-refractivity contribution in [2.24, 2.45) is 0 Å². The zero-order valence-corrected chi connectivity index (χ0v) is 19.8. The Bertz CT molecular complexity index is 1070. The van der Waals surface area contributed by atoms with Crippen LogP contribution in [0.1, 0.15) is 36.0 Å². The van der Waals surface area contributed by atoms with Crippen LogP contribution in [0.25, 0.3) is 11.3 Å². The summed E-state index contributed by atoms with van der Waals surface area (Å²) in [7, 11) is 0. The van der Waals surface area contributed by atoms with Crippen molar-refractivity contribution in [1.29, 1.82) is 0 Å². The molecule has 2 heterocycles. The first kappa shape index (κ1) is 24.1. The van der Waals surface area contributed by atoms with Crippen molar-refractivity contribution < 1.29 is 9.90 Å². The van der Waals surface area contributed by atoms with E-state index in [1.807, 2.05) is 59.5 Å². The molecule has 1 aliphatic heterocycles. The highest BCUT2D eigenvalue weighted by molar-refractivity contribution is 6.30. The minimum Gasteiger partial charge on any atom is -0.396 e. The molecular weight excluding hydrogens is 450 g/mol. The number of aromatic nitrogens is 2. The fraction of sp³-hybridized carbons (Fsp3) is 0.346. The van der Waals surface area contributed by atoms with Crippen molar-refractivity contribution in [2.45, 2.75) is 31.7 Å². The summed E-state index contributed by atoms with van der Waals surface area (Å²) in [5, 5.41) is 16.3. The Morgan fingerprint density at radius 3 is 2.47 bits per heavy atom. The maximum absolute atomic E-state index is 12.9. The van der Waals surface area contributed by atoms with Crippen molar-refractivity contribution in [2.75, 3.05) is 31.6 Å². The van der Waals surface area contributed by atoms with Gasteiger partial charge in [-0.2, -0.15) is 0 Å². The van der Waals surface area contributed by atoms with Crippen LogP contribution in [0.15, 0.2) is 60.8 Å². The zero-order valence-electron chi connectivity index (χ0n) is 19.1. The van der Waals surface area contributed by atoms with Crippen LogP contribution in [0.2, 0.25) is 5.02 Å². The Balaban J connectivity index is 1.31. The predicted octanol–water partition coefficient (Wildman–Crippen LogP) is 4.51. The van der Waals surface area contributed by atoms with E-state index in [1.165, 1.54) is 0 Å². The molecule has 3 N–H and O–H groups in total. The third-order valence-corrected chi connectivity index (χ3v) is 6.24. The lowest BCUT2D eigenvalue weighted by molar-refractivity contribution is 0.0705. The molecule has 1 amide bonds. The van der Waals surface area contributed by atoms with Gasteiger partial charge in [0.2, 0.25) is 5.95 Å². The SMILES string of the molecule is O=C(c1ccc(Nc2nccc(-c3ccc(Cl)cc3)n2)cc1)N1CCC(NCCCCO)CC1. The molecule has 1 fully saturated rings. The second kappa shape index (κ2) is 11.9. The summed E-state index contributed by atoms with van der Waals surface area (Å²) in [6.45, 7) is 2.66. The number of nitrogens with zero attached hydrogens (tertiary/aromatic N) is 3. The average molecular weight is 480 g/mol. The fourth-order valence-electron chi connectivity index (χ4n) is 4.04. The van der Waals surface area contributed by atoms with E-state index in [-0.39, 0.29) is 12.5 Å². The minimum absolute atomic E-state index is 0.0614. The summed E-state index contributed by atoms with van der Waals surface area (Å²) in [6.07, 6.45) is 5.42. The van der Waals surface area contributed by atoms with Gasteiger partial charge in [-0.1, -0.05) is 23.7 Å². The molecule has 0 unspecified atom stereocenters. The molecule has 0 aliphatic carbocycles. The molecule has 0 radical (unpaired) electrons. The number of rotatable bonds is 9. The van der Waals surface area contributed by atoms with E-state index < -0.39 is 0 Å². The Morgan fingerprint density at radius 1 is 1.03 bits per heavy atom. The molecule has 8 heteroatoms. The maximum atomic E-state index is 12.9. The van der Waals surface area contributed by atoms with Gasteiger partial charge in [0.1, 0.15) is 0 Å². The van der Waals surface area contributed by atoms with Crippen LogP contribution in [0.4, 0.5) is 11.6 Å². The minimum atomic E-state index is 0.0614. The van der Waals surface area contributed by atoms with Gasteiger partial charge in [-0.3, -0.25) is 4.79 Å². The number of likely N-dealkylation sites (tertiary alicyclic amines) is 1. The first-order valence-corrected chi connectivity index (χ1v) is 12.1. The highest BCUT2D eigenvalue weighted by atomic mass is 35.5. The van der Waals surface area contributed by atoms with Crippen molar-refractivity contribution >= 4 is 29.1 Å². The smallest absolute Gasteiger partial charge is 0.253 e. The predicted molar refractivity (Wildman–Crippen MR) is 135 cm³/mol. The monoisotopic (exact) mass is 479 g/mol. The van der Waals surface area contributed by atoms with Crippen LogP contribution in [-0.4, -0.2) is 58.2 Å². The lowest BCUT2D eigenvalue weighted by Crippen LogP contribution is -2.45. The number of aliphatic hydroxyl groups is 1. The molecular formula is C26H30ClN5O2. The van der Waals surface area contributed by atoms with Crippen LogP contribution in [0.5, 0.6) is 0 Å². The molecule has 1 saturated heterocycles. The van der Waals surface area contributed by atoms with Crippen molar-refractivity contribution in [3.05, 3.63) is 71.4 Å². The summed E-state index contributed by atoms with van der Waals surface area (Å²) in [5.74, 6) is 0.548. The lowest BCUT2D eigenvalue weighted by atomic mass is 10.0. The second-order valence-corrected chi connectivity index (χ2v) is 8.86. The third-order valence-electron chi connectivity index (χ3n) is 5.98. The van der Waals surface area contributed by atoms with Gasteiger partial charge >= 0.3 is 0 Å². The molecule has 4 rings (SSSR count). The number of hydrogen-bond donors (Lipinski definition) is 3. The van der Waals surface area contributed by atoms with Gasteiger partial charge < -0.3 is 20.6 Å². The molecule has 0 saturated carbocycles. The van der Waals surface area contributed by atoms with E-state index in [0.29, 0.717) is 22.6 Å². The Morgan fingerprint density at radius 2 is 1.76 bits per heavy atom. The van der Waals surface area contributed by atoms with Gasteiger partial charge in [0.05, 0.1) is 5.69 Å². The van der Waals surface area contributed by atoms with E-state index in [0.717, 1.165) is 62.3 Å². The molecule has 0 spiro atoms. The number of aliphatic hydroxyl groups excluding tert-OH is 1. The number of halogens is 1. The van der Waals surface area contributed by atoms with Crippen LogP contribution >= 0.6 is 11.6 Å². The average Bonchev–Trinajstić information content (AvgIpc) is 2.88. The van der Waals surface area contributed by atoms with E-state index in [2.05, 4.69) is 20.6 Å². The number of carbonyl (C=O) groups excluding carboxylic acids is 1. The number of piperidine rings is 1. The maximum Gasteiger partial charge on any atom is 0.253 e. The molecule has 7 nitrogen and oxygen atoms in total. The third kappa shape index (κ3) is 6.53. The van der Waals surface area contributed by atoms with Crippen molar-refractivity contribution in [3.8, 4) is 11.3 Å². The van der Waals surface area contributed by atoms with Crippen LogP contribution < -0.4 is 10.6 Å². The van der Waals surface area contributed by atoms with Gasteiger partial charge in [0, 0.05) is 53.8 Å². The van der Waals surface area contributed by atoms with Crippen LogP contribution in [0.3, 0.4) is 0 Å². The van der Waals surface area contributed by atoms with E-state index in [4.69, 9.17) is 16.7 Å². The van der Waals surface area contributed by atoms with Crippen LogP contribution in [0, 0.1) is 0 Å². The molecule has 3 aromatic rings. The highest BCUT2D eigenvalue weighted by Crippen LogP contribution is 2.22. The zero-order chi connectivity index (χ0) is 23.8. The number of anilines is 2. The van der Waals surface area contributed by atoms with Gasteiger partial charge in [-0.05, 0) is 74.7 Å². The second-order valence-electron chi connectivity index (χ2n) is 8.43. The summed E-state index contributed by atoms with van der Waals surface area (Å²) in [5.41, 5.74) is 3.25. The van der Waals surface area contributed by atoms with E-state index >= 15 is 0 Å². The Labute approximate surface area is 205 Å². The molecule has 2 aromatic carbocycles. The van der Waals surface area contributed by atoms with Crippen molar-refractivity contribution in [3.63, 3.8) is 0 Å². The molecule has 1 aliphatic rings. The van der Waals surface area contributed by atoms with Crippen molar-refractivity contribution in [1.82, 2.24) is 20.2 Å². The Hall–Kier alpha value is -3.00. The quantitative estimate of drug-likeness (QED) is 0.391. The summed E-state index contributed by atoms with van der Waals surface area (Å²) in [6, 6.07) is 17.2. The van der Waals surface area contributed by atoms with Gasteiger partial charge in [-0.15, -0.1) is 0 Å². The first-order valence-electron chi connectivity index (χ1n) is 11.7. The molecule has 0 bridgehead atoms. The Kier molecular flexibility index (Phi) is 8.46. The first-order chi connectivity index (χ1) is 16.6. The largest absolute Gasteiger partial charge is 0.396 e. The summed E-state index contributed by atoms with van der Waals surface area (Å²) < 4.78 is 0. The number of nitrogens with one attached hydrogen (secondary N) is 2. The molecule has 178 valence electrons. The number of unbranched alkanes of at least 4 members (excludes halogenated alkanes) is 1. The van der Waals surface area contributed by atoms with Gasteiger partial charge in [-0.25, -0.2) is 9.97 Å². The topological polar surface area (TPSA) is 90.4 Å². The fourth-order valence-corrected chi connectivity index (χ4v) is 4.16. The van der Waals surface area contributed by atoms with E-state index in [1.54, 1.807) is 6.20 Å². The number of hydrogen-bond acceptors (Lipinski definition) is 6. The molecule has 1 aromatic heterocycles. The summed E-state index contributed by atoms with van der Waals surface area (Å²) >= 11 is 5.97.